The van der Waals surface area contributed by atoms with Crippen molar-refractivity contribution < 1.29 is 4.79 Å². The summed E-state index contributed by atoms with van der Waals surface area (Å²) in [5.41, 5.74) is 1.10. The summed E-state index contributed by atoms with van der Waals surface area (Å²) >= 11 is 0. The molecule has 0 saturated carbocycles. The second-order valence-electron chi connectivity index (χ2n) is 3.17. The molecule has 2 heterocycles. The third kappa shape index (κ3) is 1.15. The molecule has 0 aliphatic carbocycles. The van der Waals surface area contributed by atoms with Crippen LogP contribution in [0.2, 0.25) is 0 Å². The van der Waals surface area contributed by atoms with Crippen molar-refractivity contribution >= 4 is 5.78 Å². The molecule has 0 aromatic carbocycles. The smallest absolute Gasteiger partial charge is 0.153 e. The zero-order chi connectivity index (χ0) is 8.55. The molecule has 1 aliphatic rings. The van der Waals surface area contributed by atoms with E-state index in [0.717, 1.165) is 24.4 Å². The summed E-state index contributed by atoms with van der Waals surface area (Å²) in [6, 6.07) is 0. The Morgan fingerprint density at radius 2 is 2.42 bits per heavy atom. The fourth-order valence-electron chi connectivity index (χ4n) is 1.54. The maximum atomic E-state index is 11.1. The van der Waals surface area contributed by atoms with Crippen molar-refractivity contribution in [2.24, 2.45) is 0 Å². The number of rotatable bonds is 1. The Bertz CT molecular complexity index is 314. The van der Waals surface area contributed by atoms with E-state index in [4.69, 9.17) is 0 Å². The maximum absolute atomic E-state index is 11.1. The van der Waals surface area contributed by atoms with E-state index in [9.17, 15) is 4.79 Å². The van der Waals surface area contributed by atoms with E-state index in [-0.39, 0.29) is 0 Å². The van der Waals surface area contributed by atoms with Gasteiger partial charge in [0.05, 0.1) is 12.2 Å². The summed E-state index contributed by atoms with van der Waals surface area (Å²) in [5.74, 6) is 1.40. The zero-order valence-corrected chi connectivity index (χ0v) is 7.21. The number of aryl methyl sites for hydroxylation is 2. The maximum Gasteiger partial charge on any atom is 0.153 e. The average molecular weight is 164 g/mol. The van der Waals surface area contributed by atoms with Gasteiger partial charge in [0.1, 0.15) is 5.82 Å². The molecule has 0 bridgehead atoms. The largest absolute Gasteiger partial charge is 0.327 e. The molecular weight excluding hydrogens is 152 g/mol. The number of carbonyl (C=O) groups excluding carboxylic acids is 1. The SMILES string of the molecule is CCc1cn2c(n1)CCC(=O)C2. The molecule has 0 amide bonds. The lowest BCUT2D eigenvalue weighted by atomic mass is 10.1. The molecule has 0 atom stereocenters. The van der Waals surface area contributed by atoms with Crippen LogP contribution in [0.15, 0.2) is 6.20 Å². The second kappa shape index (κ2) is 2.73. The summed E-state index contributed by atoms with van der Waals surface area (Å²) in [7, 11) is 0. The molecule has 12 heavy (non-hydrogen) atoms. The average Bonchev–Trinajstić information content (AvgIpc) is 2.46. The fourth-order valence-corrected chi connectivity index (χ4v) is 1.54. The lowest BCUT2D eigenvalue weighted by molar-refractivity contribution is -0.120. The number of hydrogen-bond donors (Lipinski definition) is 0. The van der Waals surface area contributed by atoms with Crippen molar-refractivity contribution in [3.05, 3.63) is 17.7 Å². The number of aromatic nitrogens is 2. The van der Waals surface area contributed by atoms with Gasteiger partial charge >= 0.3 is 0 Å². The minimum atomic E-state index is 0.322. The zero-order valence-electron chi connectivity index (χ0n) is 7.21. The molecule has 2 rings (SSSR count). The standard InChI is InChI=1S/C9H12N2O/c1-2-7-5-11-6-8(12)3-4-9(11)10-7/h5H,2-4,6H2,1H3. The third-order valence-corrected chi connectivity index (χ3v) is 2.25. The fraction of sp³-hybridized carbons (Fsp3) is 0.556. The minimum absolute atomic E-state index is 0.322. The first-order chi connectivity index (χ1) is 5.79. The number of carbonyl (C=O) groups is 1. The molecule has 64 valence electrons. The van der Waals surface area contributed by atoms with Crippen LogP contribution in [0.1, 0.15) is 24.9 Å². The first kappa shape index (κ1) is 7.53. The number of nitrogens with zero attached hydrogens (tertiary/aromatic N) is 2. The first-order valence-electron chi connectivity index (χ1n) is 4.36. The summed E-state index contributed by atoms with van der Waals surface area (Å²) in [4.78, 5) is 15.5. The highest BCUT2D eigenvalue weighted by Gasteiger charge is 2.16. The lowest BCUT2D eigenvalue weighted by Gasteiger charge is -2.11. The van der Waals surface area contributed by atoms with E-state index in [1.54, 1.807) is 0 Å². The van der Waals surface area contributed by atoms with Crippen LogP contribution in [0.4, 0.5) is 0 Å². The van der Waals surface area contributed by atoms with E-state index in [1.807, 2.05) is 10.8 Å². The molecule has 0 radical (unpaired) electrons. The van der Waals surface area contributed by atoms with Crippen LogP contribution in [-0.4, -0.2) is 15.3 Å². The number of imidazole rings is 1. The molecule has 1 aromatic heterocycles. The Hall–Kier alpha value is -1.12. The van der Waals surface area contributed by atoms with Crippen molar-refractivity contribution in [2.75, 3.05) is 0 Å². The molecule has 0 N–H and O–H groups in total. The van der Waals surface area contributed by atoms with E-state index in [2.05, 4.69) is 11.9 Å². The van der Waals surface area contributed by atoms with Gasteiger partial charge in [-0.1, -0.05) is 6.92 Å². The van der Waals surface area contributed by atoms with Crippen LogP contribution >= 0.6 is 0 Å². The highest BCUT2D eigenvalue weighted by atomic mass is 16.1. The van der Waals surface area contributed by atoms with Gasteiger partial charge in [0.25, 0.3) is 0 Å². The first-order valence-corrected chi connectivity index (χ1v) is 4.36. The number of fused-ring (bicyclic) bond motifs is 1. The molecule has 0 fully saturated rings. The van der Waals surface area contributed by atoms with E-state index < -0.39 is 0 Å². The number of ketones is 1. The van der Waals surface area contributed by atoms with Crippen LogP contribution in [-0.2, 0) is 24.2 Å². The molecule has 3 heteroatoms. The normalized spacial score (nSPS) is 16.2. The van der Waals surface area contributed by atoms with E-state index >= 15 is 0 Å². The Morgan fingerprint density at radius 1 is 1.58 bits per heavy atom. The Balaban J connectivity index is 2.34. The summed E-state index contributed by atoms with van der Waals surface area (Å²) in [6.45, 7) is 2.61. The predicted octanol–water partition coefficient (Wildman–Crippen LogP) is 0.961. The molecular formula is C9H12N2O. The van der Waals surface area contributed by atoms with Crippen LogP contribution in [0.3, 0.4) is 0 Å². The van der Waals surface area contributed by atoms with Crippen LogP contribution in [0, 0.1) is 0 Å². The molecule has 0 spiro atoms. The molecule has 1 aromatic rings. The van der Waals surface area contributed by atoms with Crippen LogP contribution in [0.5, 0.6) is 0 Å². The van der Waals surface area contributed by atoms with Gasteiger partial charge in [-0.2, -0.15) is 0 Å². The minimum Gasteiger partial charge on any atom is -0.327 e. The van der Waals surface area contributed by atoms with Gasteiger partial charge in [-0.05, 0) is 6.42 Å². The topological polar surface area (TPSA) is 34.9 Å². The molecule has 1 aliphatic heterocycles. The van der Waals surface area contributed by atoms with Crippen molar-refractivity contribution in [3.63, 3.8) is 0 Å². The van der Waals surface area contributed by atoms with Gasteiger partial charge in [-0.25, -0.2) is 4.98 Å². The van der Waals surface area contributed by atoms with Gasteiger partial charge in [-0.15, -0.1) is 0 Å². The highest BCUT2D eigenvalue weighted by Crippen LogP contribution is 2.12. The number of hydrogen-bond acceptors (Lipinski definition) is 2. The van der Waals surface area contributed by atoms with Gasteiger partial charge < -0.3 is 4.57 Å². The Labute approximate surface area is 71.4 Å². The molecule has 0 unspecified atom stereocenters. The monoisotopic (exact) mass is 164 g/mol. The lowest BCUT2D eigenvalue weighted by Crippen LogP contribution is -2.18. The van der Waals surface area contributed by atoms with Gasteiger partial charge in [0, 0.05) is 19.0 Å². The van der Waals surface area contributed by atoms with Gasteiger partial charge in [0.2, 0.25) is 0 Å². The van der Waals surface area contributed by atoms with Crippen molar-refractivity contribution in [2.45, 2.75) is 32.7 Å². The van der Waals surface area contributed by atoms with Crippen LogP contribution in [0.25, 0.3) is 0 Å². The predicted molar refractivity (Wildman–Crippen MR) is 44.9 cm³/mol. The van der Waals surface area contributed by atoms with Crippen molar-refractivity contribution in [1.82, 2.24) is 9.55 Å². The Morgan fingerprint density at radius 3 is 3.17 bits per heavy atom. The number of Topliss-reactive ketones (excluding diaryl/α,β-unsaturated/α-hetero) is 1. The van der Waals surface area contributed by atoms with E-state index in [1.165, 1.54) is 0 Å². The second-order valence-corrected chi connectivity index (χ2v) is 3.17. The van der Waals surface area contributed by atoms with Crippen molar-refractivity contribution in [1.29, 1.82) is 0 Å². The Kier molecular flexibility index (Phi) is 1.71. The molecule has 0 saturated heterocycles. The summed E-state index contributed by atoms with van der Waals surface area (Å²) in [5, 5.41) is 0. The summed E-state index contributed by atoms with van der Waals surface area (Å²) in [6.07, 6.45) is 4.43. The highest BCUT2D eigenvalue weighted by molar-refractivity contribution is 5.79. The molecule has 3 nitrogen and oxygen atoms in total. The quantitative estimate of drug-likeness (QED) is 0.619. The van der Waals surface area contributed by atoms with Crippen LogP contribution < -0.4 is 0 Å². The third-order valence-electron chi connectivity index (χ3n) is 2.25. The van der Waals surface area contributed by atoms with Gasteiger partial charge in [0.15, 0.2) is 5.78 Å². The van der Waals surface area contributed by atoms with Crippen molar-refractivity contribution in [3.8, 4) is 0 Å². The van der Waals surface area contributed by atoms with Gasteiger partial charge in [-0.3, -0.25) is 4.79 Å². The summed E-state index contributed by atoms with van der Waals surface area (Å²) < 4.78 is 1.98. The van der Waals surface area contributed by atoms with E-state index in [0.29, 0.717) is 18.7 Å².